The van der Waals surface area contributed by atoms with Crippen molar-refractivity contribution in [2.24, 2.45) is 0 Å². The number of benzene rings is 1. The molecule has 0 aliphatic heterocycles. The van der Waals surface area contributed by atoms with E-state index in [1.165, 1.54) is 13.2 Å². The van der Waals surface area contributed by atoms with E-state index in [0.717, 1.165) is 28.7 Å². The molecular weight excluding hydrogens is 387 g/mol. The van der Waals surface area contributed by atoms with Crippen LogP contribution in [-0.2, 0) is 14.8 Å². The highest BCUT2D eigenvalue weighted by Gasteiger charge is 2.22. The highest BCUT2D eigenvalue weighted by Crippen LogP contribution is 2.17. The minimum Gasteiger partial charge on any atom is -0.332 e. The standard InChI is InChI=1S/C18H21FN4O4S/c1-4-21-28(26,27)13-5-6-15(19)14(10-13)18(25)23(3)11-17(24)22-16-9-12(2)7-8-20-16/h5-10,21H,4,11H2,1-3H3,(H,20,22,24). The number of aryl methyl sites for hydroxylation is 1. The molecule has 0 atom stereocenters. The number of likely N-dealkylation sites (N-methyl/N-ethyl adjacent to an activating group) is 1. The van der Waals surface area contributed by atoms with Gasteiger partial charge in [0.2, 0.25) is 15.9 Å². The van der Waals surface area contributed by atoms with Crippen molar-refractivity contribution in [3.05, 3.63) is 53.5 Å². The summed E-state index contributed by atoms with van der Waals surface area (Å²) in [6, 6.07) is 6.35. The first-order valence-corrected chi connectivity index (χ1v) is 9.89. The molecular formula is C18H21FN4O4S. The number of nitrogens with one attached hydrogen (secondary N) is 2. The first kappa shape index (κ1) is 21.5. The molecule has 28 heavy (non-hydrogen) atoms. The summed E-state index contributed by atoms with van der Waals surface area (Å²) in [7, 11) is -2.54. The smallest absolute Gasteiger partial charge is 0.257 e. The molecule has 1 heterocycles. The summed E-state index contributed by atoms with van der Waals surface area (Å²) in [5.74, 6) is -1.90. The lowest BCUT2D eigenvalue weighted by Gasteiger charge is -2.17. The molecule has 0 fully saturated rings. The van der Waals surface area contributed by atoms with E-state index in [-0.39, 0.29) is 18.0 Å². The van der Waals surface area contributed by atoms with Crippen molar-refractivity contribution >= 4 is 27.7 Å². The predicted molar refractivity (Wildman–Crippen MR) is 102 cm³/mol. The lowest BCUT2D eigenvalue weighted by Crippen LogP contribution is -2.35. The van der Waals surface area contributed by atoms with Crippen LogP contribution in [0.4, 0.5) is 10.2 Å². The summed E-state index contributed by atoms with van der Waals surface area (Å²) in [6.07, 6.45) is 1.53. The van der Waals surface area contributed by atoms with Gasteiger partial charge in [-0.1, -0.05) is 6.92 Å². The minimum absolute atomic E-state index is 0.149. The molecule has 0 radical (unpaired) electrons. The molecule has 0 aliphatic rings. The van der Waals surface area contributed by atoms with Gasteiger partial charge in [-0.05, 0) is 42.8 Å². The third kappa shape index (κ3) is 5.33. The number of pyridine rings is 1. The van der Waals surface area contributed by atoms with Gasteiger partial charge >= 0.3 is 0 Å². The zero-order valence-corrected chi connectivity index (χ0v) is 16.5. The Labute approximate surface area is 162 Å². The number of aromatic nitrogens is 1. The maximum atomic E-state index is 14.1. The third-order valence-electron chi connectivity index (χ3n) is 3.72. The van der Waals surface area contributed by atoms with E-state index < -0.39 is 33.2 Å². The first-order chi connectivity index (χ1) is 13.1. The largest absolute Gasteiger partial charge is 0.332 e. The molecule has 0 unspecified atom stereocenters. The average molecular weight is 408 g/mol. The Hall–Kier alpha value is -2.85. The van der Waals surface area contributed by atoms with Gasteiger partial charge in [-0.3, -0.25) is 9.59 Å². The molecule has 1 aromatic heterocycles. The summed E-state index contributed by atoms with van der Waals surface area (Å²) in [5.41, 5.74) is 0.457. The highest BCUT2D eigenvalue weighted by molar-refractivity contribution is 7.89. The minimum atomic E-state index is -3.85. The van der Waals surface area contributed by atoms with Gasteiger partial charge < -0.3 is 10.2 Å². The van der Waals surface area contributed by atoms with Crippen LogP contribution in [0.15, 0.2) is 41.4 Å². The Morgan fingerprint density at radius 3 is 2.57 bits per heavy atom. The zero-order valence-electron chi connectivity index (χ0n) is 15.7. The molecule has 2 aromatic rings. The molecule has 0 saturated carbocycles. The molecule has 1 aromatic carbocycles. The van der Waals surface area contributed by atoms with E-state index in [1.54, 1.807) is 19.1 Å². The molecule has 2 N–H and O–H groups in total. The lowest BCUT2D eigenvalue weighted by atomic mass is 10.2. The molecule has 0 saturated heterocycles. The first-order valence-electron chi connectivity index (χ1n) is 8.41. The maximum absolute atomic E-state index is 14.1. The van der Waals surface area contributed by atoms with Gasteiger partial charge in [-0.15, -0.1) is 0 Å². The fraction of sp³-hybridized carbons (Fsp3) is 0.278. The summed E-state index contributed by atoms with van der Waals surface area (Å²) >= 11 is 0. The van der Waals surface area contributed by atoms with Crippen LogP contribution in [0.1, 0.15) is 22.8 Å². The molecule has 150 valence electrons. The summed E-state index contributed by atoms with van der Waals surface area (Å²) < 4.78 is 40.5. The Bertz CT molecular complexity index is 995. The number of nitrogens with zero attached hydrogens (tertiary/aromatic N) is 2. The number of carbonyl (C=O) groups is 2. The molecule has 2 rings (SSSR count). The second-order valence-electron chi connectivity index (χ2n) is 6.07. The van der Waals surface area contributed by atoms with Crippen LogP contribution in [0.25, 0.3) is 0 Å². The number of sulfonamides is 1. The Kier molecular flexibility index (Phi) is 6.81. The van der Waals surface area contributed by atoms with Crippen LogP contribution in [0.5, 0.6) is 0 Å². The fourth-order valence-corrected chi connectivity index (χ4v) is 3.46. The fourth-order valence-electron chi connectivity index (χ4n) is 2.39. The Morgan fingerprint density at radius 1 is 1.21 bits per heavy atom. The molecule has 10 heteroatoms. The van der Waals surface area contributed by atoms with Crippen LogP contribution in [0, 0.1) is 12.7 Å². The number of rotatable bonds is 7. The SMILES string of the molecule is CCNS(=O)(=O)c1ccc(F)c(C(=O)N(C)CC(=O)Nc2cc(C)ccn2)c1. The van der Waals surface area contributed by atoms with Gasteiger partial charge in [0.1, 0.15) is 11.6 Å². The van der Waals surface area contributed by atoms with E-state index in [2.05, 4.69) is 15.0 Å². The molecule has 2 amide bonds. The van der Waals surface area contributed by atoms with Crippen LogP contribution >= 0.6 is 0 Å². The lowest BCUT2D eigenvalue weighted by molar-refractivity contribution is -0.116. The van der Waals surface area contributed by atoms with Gasteiger partial charge in [0.05, 0.1) is 17.0 Å². The van der Waals surface area contributed by atoms with Gasteiger partial charge in [0.25, 0.3) is 5.91 Å². The van der Waals surface area contributed by atoms with Crippen molar-refractivity contribution in [3.63, 3.8) is 0 Å². The number of carbonyl (C=O) groups excluding carboxylic acids is 2. The average Bonchev–Trinajstić information content (AvgIpc) is 2.61. The predicted octanol–water partition coefficient (Wildman–Crippen LogP) is 1.54. The van der Waals surface area contributed by atoms with E-state index in [1.807, 2.05) is 6.92 Å². The summed E-state index contributed by atoms with van der Waals surface area (Å²) in [5, 5.41) is 2.54. The van der Waals surface area contributed by atoms with Crippen molar-refractivity contribution in [1.29, 1.82) is 0 Å². The molecule has 0 aliphatic carbocycles. The van der Waals surface area contributed by atoms with Crippen LogP contribution in [0.3, 0.4) is 0 Å². The van der Waals surface area contributed by atoms with Crippen molar-refractivity contribution in [3.8, 4) is 0 Å². The van der Waals surface area contributed by atoms with E-state index in [9.17, 15) is 22.4 Å². The maximum Gasteiger partial charge on any atom is 0.257 e. The zero-order chi connectivity index (χ0) is 20.9. The monoisotopic (exact) mass is 408 g/mol. The quantitative estimate of drug-likeness (QED) is 0.722. The molecule has 0 bridgehead atoms. The highest BCUT2D eigenvalue weighted by atomic mass is 32.2. The van der Waals surface area contributed by atoms with Crippen LogP contribution in [0.2, 0.25) is 0 Å². The Morgan fingerprint density at radius 2 is 1.93 bits per heavy atom. The second kappa shape index (κ2) is 8.89. The van der Waals surface area contributed by atoms with Gasteiger partial charge in [-0.25, -0.2) is 22.5 Å². The second-order valence-corrected chi connectivity index (χ2v) is 7.84. The Balaban J connectivity index is 2.15. The third-order valence-corrected chi connectivity index (χ3v) is 5.27. The van der Waals surface area contributed by atoms with Crippen molar-refractivity contribution in [1.82, 2.24) is 14.6 Å². The van der Waals surface area contributed by atoms with Crippen LogP contribution < -0.4 is 10.0 Å². The summed E-state index contributed by atoms with van der Waals surface area (Å²) in [4.78, 5) is 29.4. The normalized spacial score (nSPS) is 11.1. The number of amides is 2. The van der Waals surface area contributed by atoms with Gasteiger partial charge in [0.15, 0.2) is 0 Å². The number of hydrogen-bond donors (Lipinski definition) is 2. The topological polar surface area (TPSA) is 108 Å². The van der Waals surface area contributed by atoms with Crippen molar-refractivity contribution in [2.45, 2.75) is 18.7 Å². The van der Waals surface area contributed by atoms with Crippen LogP contribution in [-0.4, -0.2) is 50.3 Å². The van der Waals surface area contributed by atoms with E-state index in [4.69, 9.17) is 0 Å². The molecule has 8 nitrogen and oxygen atoms in total. The van der Waals surface area contributed by atoms with Gasteiger partial charge in [0, 0.05) is 19.8 Å². The summed E-state index contributed by atoms with van der Waals surface area (Å²) in [6.45, 7) is 3.22. The number of halogens is 1. The van der Waals surface area contributed by atoms with E-state index >= 15 is 0 Å². The van der Waals surface area contributed by atoms with Crippen molar-refractivity contribution < 1.29 is 22.4 Å². The van der Waals surface area contributed by atoms with E-state index in [0.29, 0.717) is 5.82 Å². The molecule has 0 spiro atoms. The number of anilines is 1. The number of hydrogen-bond acceptors (Lipinski definition) is 5. The van der Waals surface area contributed by atoms with Crippen molar-refractivity contribution in [2.75, 3.05) is 25.5 Å². The van der Waals surface area contributed by atoms with Gasteiger partial charge in [-0.2, -0.15) is 0 Å².